The van der Waals surface area contributed by atoms with E-state index in [0.29, 0.717) is 5.56 Å². The van der Waals surface area contributed by atoms with Gasteiger partial charge in [-0.15, -0.1) is 36.4 Å². The minimum atomic E-state index is -4.51. The van der Waals surface area contributed by atoms with E-state index in [1.54, 1.807) is 24.3 Å². The molecule has 0 bridgehead atoms. The molecule has 0 heterocycles. The van der Waals surface area contributed by atoms with Gasteiger partial charge >= 0.3 is 59.1 Å². The third-order valence-electron chi connectivity index (χ3n) is 4.99. The van der Waals surface area contributed by atoms with Crippen molar-refractivity contribution in [3.05, 3.63) is 125 Å². The minimum absolute atomic E-state index is 0. The van der Waals surface area contributed by atoms with Gasteiger partial charge in [-0.3, -0.25) is 0 Å². The van der Waals surface area contributed by atoms with Gasteiger partial charge in [0.25, 0.3) is 0 Å². The van der Waals surface area contributed by atoms with Crippen LogP contribution in [0.4, 0.5) is 0 Å². The Hall–Kier alpha value is -1.73. The van der Waals surface area contributed by atoms with Crippen molar-refractivity contribution in [2.75, 3.05) is 0 Å². The van der Waals surface area contributed by atoms with Crippen LogP contribution in [0.3, 0.4) is 0 Å². The second-order valence-corrected chi connectivity index (χ2v) is 8.57. The molecule has 4 aromatic rings. The van der Waals surface area contributed by atoms with Crippen LogP contribution in [-0.2, 0) is 10.1 Å². The zero-order valence-corrected chi connectivity index (χ0v) is 24.0. The van der Waals surface area contributed by atoms with Gasteiger partial charge in [-0.05, 0) is 33.9 Å². The molecule has 4 aromatic carbocycles. The van der Waals surface area contributed by atoms with Crippen molar-refractivity contribution in [3.8, 4) is 11.1 Å². The van der Waals surface area contributed by atoms with E-state index >= 15 is 0 Å². The van der Waals surface area contributed by atoms with Gasteiger partial charge in [0, 0.05) is 0 Å². The largest absolute Gasteiger partial charge is 1.00 e. The Balaban J connectivity index is 0.00000204. The zero-order chi connectivity index (χ0) is 22.4. The molecule has 0 spiro atoms. The molecule has 4 rings (SSSR count). The zero-order valence-electron chi connectivity index (χ0n) is 19.2. The Morgan fingerprint density at radius 3 is 1.68 bits per heavy atom. The average Bonchev–Trinajstić information content (AvgIpc) is 2.82. The Labute approximate surface area is 245 Å². The molecule has 158 valence electrons. The van der Waals surface area contributed by atoms with E-state index in [4.69, 9.17) is 0 Å². The van der Waals surface area contributed by atoms with Crippen molar-refractivity contribution >= 4 is 34.4 Å². The predicted octanol–water partition coefficient (Wildman–Crippen LogP) is 0.407. The van der Waals surface area contributed by atoms with Gasteiger partial charge in [0.2, 0.25) is 0 Å². The van der Waals surface area contributed by atoms with Crippen molar-refractivity contribution in [2.24, 2.45) is 0 Å². The molecule has 0 aliphatic carbocycles. The molecule has 0 aliphatic rings. The fourth-order valence-electron chi connectivity index (χ4n) is 3.30. The summed E-state index contributed by atoms with van der Waals surface area (Å²) in [6.45, 7) is 0. The molecule has 0 saturated carbocycles. The van der Waals surface area contributed by atoms with Crippen LogP contribution < -0.4 is 59.1 Å². The van der Waals surface area contributed by atoms with Gasteiger partial charge in [-0.25, -0.2) is 8.42 Å². The Morgan fingerprint density at radius 2 is 1.15 bits per heavy atom. The minimum Gasteiger partial charge on any atom is -0.744 e. The van der Waals surface area contributed by atoms with Crippen LogP contribution in [0.25, 0.3) is 35.4 Å². The van der Waals surface area contributed by atoms with E-state index in [2.05, 4.69) is 36.4 Å². The number of hydrogen-bond acceptors (Lipinski definition) is 3. The predicted molar refractivity (Wildman–Crippen MR) is 129 cm³/mol. The summed E-state index contributed by atoms with van der Waals surface area (Å²) in [7, 11) is -4.51. The molecule has 3 nitrogen and oxygen atoms in total. The van der Waals surface area contributed by atoms with Gasteiger partial charge in [-0.2, -0.15) is 5.56 Å². The first kappa shape index (κ1) is 28.5. The molecule has 0 N–H and O–H groups in total. The van der Waals surface area contributed by atoms with Gasteiger partial charge in [0.1, 0.15) is 10.1 Å². The molecule has 0 aliphatic heterocycles. The Kier molecular flexibility index (Phi) is 11.2. The van der Waals surface area contributed by atoms with Crippen LogP contribution >= 0.6 is 0 Å². The molecule has 0 aromatic heterocycles. The third kappa shape index (κ3) is 7.91. The second-order valence-electron chi connectivity index (χ2n) is 7.22. The molecule has 0 amide bonds. The molecule has 0 unspecified atom stereocenters. The summed E-state index contributed by atoms with van der Waals surface area (Å²) in [6, 6.07) is 33.4. The van der Waals surface area contributed by atoms with Gasteiger partial charge in [0.05, 0.1) is 4.90 Å². The standard InChI is InChI=1S/C28H21O3S.2Na/c29-32(30,31)28-9-5-4-8-27(28)21-16-24-14-19-26(20-15-24)25-17-12-23(13-18-25)11-10-22-6-2-1-3-7-22;;/h1-6,8-21H,(H,29,30,31);;/q-1;2*+1/p-1/b11-10+,21-16+;;. The summed E-state index contributed by atoms with van der Waals surface area (Å²) >= 11 is 0. The molecule has 0 radical (unpaired) electrons. The molecule has 0 atom stereocenters. The first-order valence-electron chi connectivity index (χ1n) is 10.1. The van der Waals surface area contributed by atoms with E-state index in [1.165, 1.54) is 12.1 Å². The van der Waals surface area contributed by atoms with Crippen molar-refractivity contribution < 1.29 is 72.1 Å². The molecular formula is C28H20Na2O3S. The maximum absolute atomic E-state index is 11.4. The quantitative estimate of drug-likeness (QED) is 0.173. The van der Waals surface area contributed by atoms with Crippen molar-refractivity contribution in [2.45, 2.75) is 4.90 Å². The van der Waals surface area contributed by atoms with Crippen LogP contribution in [-0.4, -0.2) is 13.0 Å². The second kappa shape index (κ2) is 13.4. The van der Waals surface area contributed by atoms with Gasteiger partial charge in [-0.1, -0.05) is 85.0 Å². The molecule has 34 heavy (non-hydrogen) atoms. The van der Waals surface area contributed by atoms with Gasteiger partial charge < -0.3 is 4.55 Å². The molecule has 0 fully saturated rings. The fourth-order valence-corrected chi connectivity index (χ4v) is 3.97. The number of rotatable bonds is 6. The summed E-state index contributed by atoms with van der Waals surface area (Å²) in [5, 5.41) is 0. The summed E-state index contributed by atoms with van der Waals surface area (Å²) in [5.74, 6) is 0. The smallest absolute Gasteiger partial charge is 0.744 e. The van der Waals surface area contributed by atoms with E-state index < -0.39 is 10.1 Å². The third-order valence-corrected chi connectivity index (χ3v) is 5.90. The van der Waals surface area contributed by atoms with Crippen molar-refractivity contribution in [1.29, 1.82) is 0 Å². The maximum atomic E-state index is 11.4. The molecule has 6 heteroatoms. The normalized spacial score (nSPS) is 11.2. The van der Waals surface area contributed by atoms with Gasteiger partial charge in [0.15, 0.2) is 0 Å². The Bertz CT molecular complexity index is 1360. The summed E-state index contributed by atoms with van der Waals surface area (Å²) in [6.07, 6.45) is 7.53. The number of benzene rings is 4. The van der Waals surface area contributed by atoms with Crippen molar-refractivity contribution in [3.63, 3.8) is 0 Å². The maximum Gasteiger partial charge on any atom is 1.00 e. The van der Waals surface area contributed by atoms with Crippen LogP contribution in [0.2, 0.25) is 0 Å². The van der Waals surface area contributed by atoms with E-state index in [9.17, 15) is 13.0 Å². The summed E-state index contributed by atoms with van der Waals surface area (Å²) in [4.78, 5) is -0.216. The van der Waals surface area contributed by atoms with Crippen LogP contribution in [0.15, 0.2) is 102 Å². The topological polar surface area (TPSA) is 57.2 Å². The van der Waals surface area contributed by atoms with Crippen molar-refractivity contribution in [1.82, 2.24) is 0 Å². The van der Waals surface area contributed by atoms with E-state index in [0.717, 1.165) is 27.8 Å². The molecular weight excluding hydrogens is 462 g/mol. The first-order valence-corrected chi connectivity index (χ1v) is 11.5. The molecule has 0 saturated heterocycles. The first-order chi connectivity index (χ1) is 15.5. The monoisotopic (exact) mass is 482 g/mol. The average molecular weight is 483 g/mol. The number of hydrogen-bond donors (Lipinski definition) is 0. The summed E-state index contributed by atoms with van der Waals surface area (Å²) < 4.78 is 34.2. The van der Waals surface area contributed by atoms with Crippen LogP contribution in [0, 0.1) is 6.07 Å². The summed E-state index contributed by atoms with van der Waals surface area (Å²) in [5.41, 5.74) is 5.62. The SMILES string of the molecule is O=S(=O)([O-])c1ccccc1/C=C/c1ccc(-c2ccc(/C=C/c3[c-]cccc3)cc2)cc1.[Na+].[Na+]. The van der Waals surface area contributed by atoms with Crippen LogP contribution in [0.1, 0.15) is 22.3 Å². The van der Waals surface area contributed by atoms with Crippen LogP contribution in [0.5, 0.6) is 0 Å². The fraction of sp³-hybridized carbons (Fsp3) is 0. The van der Waals surface area contributed by atoms with E-state index in [-0.39, 0.29) is 64.0 Å². The Morgan fingerprint density at radius 1 is 0.618 bits per heavy atom. The van der Waals surface area contributed by atoms with E-state index in [1.807, 2.05) is 54.6 Å².